The van der Waals surface area contributed by atoms with Gasteiger partial charge in [-0.25, -0.2) is 4.98 Å². The third kappa shape index (κ3) is 5.38. The molecule has 1 atom stereocenters. The largest absolute Gasteiger partial charge is 0.497 e. The molecule has 0 saturated carbocycles. The summed E-state index contributed by atoms with van der Waals surface area (Å²) in [6, 6.07) is 16.6. The summed E-state index contributed by atoms with van der Waals surface area (Å²) in [4.78, 5) is 29.3. The Morgan fingerprint density at radius 2 is 1.97 bits per heavy atom. The smallest absolute Gasteiger partial charge is 0.257 e. The molecule has 1 saturated heterocycles. The highest BCUT2D eigenvalue weighted by atomic mass is 32.2. The zero-order valence-electron chi connectivity index (χ0n) is 17.8. The number of amides is 2. The number of benzene rings is 2. The highest BCUT2D eigenvalue weighted by molar-refractivity contribution is 7.99. The first-order valence-corrected chi connectivity index (χ1v) is 11.5. The predicted molar refractivity (Wildman–Crippen MR) is 123 cm³/mol. The number of ether oxygens (including phenoxy) is 2. The standard InChI is InChI=1S/C24H25N3O4S/c1-30-19-11-9-18(10-12-19)23(29)26-22(28)16-32-24-25-14-21(17-6-3-2-4-7-17)27(24)15-20-8-5-13-31-20/h2-4,6-7,9-12,14,20H,5,8,13,15-16H2,1H3,(H,26,28,29). The van der Waals surface area contributed by atoms with Crippen LogP contribution in [0, 0.1) is 0 Å². The number of imidazole rings is 1. The van der Waals surface area contributed by atoms with Gasteiger partial charge in [-0.15, -0.1) is 0 Å². The van der Waals surface area contributed by atoms with E-state index < -0.39 is 5.91 Å². The van der Waals surface area contributed by atoms with Gasteiger partial charge in [0.25, 0.3) is 5.91 Å². The summed E-state index contributed by atoms with van der Waals surface area (Å²) in [5.74, 6) is -0.0797. The zero-order valence-corrected chi connectivity index (χ0v) is 18.6. The number of hydrogen-bond donors (Lipinski definition) is 1. The predicted octanol–water partition coefficient (Wildman–Crippen LogP) is 3.79. The van der Waals surface area contributed by atoms with Crippen LogP contribution in [0.15, 0.2) is 66.0 Å². The Kier molecular flexibility index (Phi) is 7.24. The lowest BCUT2D eigenvalue weighted by molar-refractivity contribution is -0.117. The van der Waals surface area contributed by atoms with Crippen molar-refractivity contribution >= 4 is 23.6 Å². The number of nitrogens with one attached hydrogen (secondary N) is 1. The van der Waals surface area contributed by atoms with Crippen molar-refractivity contribution < 1.29 is 19.1 Å². The van der Waals surface area contributed by atoms with E-state index in [1.165, 1.54) is 11.8 Å². The highest BCUT2D eigenvalue weighted by Gasteiger charge is 2.21. The average Bonchev–Trinajstić information content (AvgIpc) is 3.49. The van der Waals surface area contributed by atoms with Gasteiger partial charge in [0, 0.05) is 12.2 Å². The second kappa shape index (κ2) is 10.5. The molecule has 2 heterocycles. The van der Waals surface area contributed by atoms with E-state index in [1.807, 2.05) is 36.5 Å². The Bertz CT molecular complexity index is 1060. The van der Waals surface area contributed by atoms with Crippen LogP contribution in [-0.4, -0.2) is 46.9 Å². The lowest BCUT2D eigenvalue weighted by Crippen LogP contribution is -2.31. The van der Waals surface area contributed by atoms with Gasteiger partial charge in [-0.2, -0.15) is 0 Å². The molecule has 1 fully saturated rings. The summed E-state index contributed by atoms with van der Waals surface area (Å²) in [6.45, 7) is 1.46. The van der Waals surface area contributed by atoms with Gasteiger partial charge in [-0.3, -0.25) is 14.9 Å². The van der Waals surface area contributed by atoms with Crippen LogP contribution in [0.5, 0.6) is 5.75 Å². The topological polar surface area (TPSA) is 82.5 Å². The second-order valence-corrected chi connectivity index (χ2v) is 8.37. The van der Waals surface area contributed by atoms with Crippen LogP contribution in [-0.2, 0) is 16.1 Å². The van der Waals surface area contributed by atoms with Gasteiger partial charge >= 0.3 is 0 Å². The van der Waals surface area contributed by atoms with Crippen LogP contribution in [0.3, 0.4) is 0 Å². The van der Waals surface area contributed by atoms with Crippen molar-refractivity contribution in [3.05, 3.63) is 66.4 Å². The second-order valence-electron chi connectivity index (χ2n) is 7.43. The number of imide groups is 1. The summed E-state index contributed by atoms with van der Waals surface area (Å²) in [5.41, 5.74) is 2.44. The summed E-state index contributed by atoms with van der Waals surface area (Å²) in [6.07, 6.45) is 4.02. The molecule has 8 heteroatoms. The maximum atomic E-state index is 12.4. The number of carbonyl (C=O) groups excluding carboxylic acids is 2. The Hall–Kier alpha value is -3.10. The first-order valence-electron chi connectivity index (χ1n) is 10.5. The van der Waals surface area contributed by atoms with Gasteiger partial charge < -0.3 is 14.0 Å². The molecule has 3 aromatic rings. The van der Waals surface area contributed by atoms with Crippen LogP contribution in [0.25, 0.3) is 11.3 Å². The Labute approximate surface area is 191 Å². The number of methoxy groups -OCH3 is 1. The fraction of sp³-hybridized carbons (Fsp3) is 0.292. The molecule has 4 rings (SSSR count). The van der Waals surface area contributed by atoms with Crippen LogP contribution in [0.4, 0.5) is 0 Å². The number of carbonyl (C=O) groups is 2. The molecule has 166 valence electrons. The molecule has 0 radical (unpaired) electrons. The van der Waals surface area contributed by atoms with Crippen molar-refractivity contribution in [2.45, 2.75) is 30.6 Å². The molecule has 2 amide bonds. The minimum atomic E-state index is -0.439. The van der Waals surface area contributed by atoms with Gasteiger partial charge in [-0.05, 0) is 42.7 Å². The van der Waals surface area contributed by atoms with Crippen molar-refractivity contribution in [1.82, 2.24) is 14.9 Å². The summed E-state index contributed by atoms with van der Waals surface area (Å²) in [7, 11) is 1.56. The van der Waals surface area contributed by atoms with E-state index in [0.29, 0.717) is 17.9 Å². The molecule has 0 bridgehead atoms. The van der Waals surface area contributed by atoms with Crippen molar-refractivity contribution in [2.75, 3.05) is 19.5 Å². The maximum Gasteiger partial charge on any atom is 0.257 e. The number of thioether (sulfide) groups is 1. The van der Waals surface area contributed by atoms with E-state index in [-0.39, 0.29) is 17.8 Å². The molecule has 32 heavy (non-hydrogen) atoms. The van der Waals surface area contributed by atoms with Crippen LogP contribution >= 0.6 is 11.8 Å². The monoisotopic (exact) mass is 451 g/mol. The number of nitrogens with zero attached hydrogens (tertiary/aromatic N) is 2. The molecule has 1 N–H and O–H groups in total. The number of hydrogen-bond acceptors (Lipinski definition) is 6. The lowest BCUT2D eigenvalue weighted by Gasteiger charge is -2.16. The molecule has 7 nitrogen and oxygen atoms in total. The molecule has 1 unspecified atom stereocenters. The Morgan fingerprint density at radius 3 is 2.66 bits per heavy atom. The van der Waals surface area contributed by atoms with E-state index in [2.05, 4.69) is 14.9 Å². The fourth-order valence-corrected chi connectivity index (χ4v) is 4.38. The van der Waals surface area contributed by atoms with E-state index in [1.54, 1.807) is 31.4 Å². The van der Waals surface area contributed by atoms with Gasteiger partial charge in [0.05, 0.1) is 37.4 Å². The molecule has 1 aromatic heterocycles. The Balaban J connectivity index is 1.43. The fourth-order valence-electron chi connectivity index (χ4n) is 3.59. The summed E-state index contributed by atoms with van der Waals surface area (Å²) in [5, 5.41) is 3.16. The third-order valence-electron chi connectivity index (χ3n) is 5.24. The molecule has 0 aliphatic carbocycles. The van der Waals surface area contributed by atoms with Gasteiger partial charge in [0.15, 0.2) is 5.16 Å². The van der Waals surface area contributed by atoms with Crippen LogP contribution in [0.1, 0.15) is 23.2 Å². The summed E-state index contributed by atoms with van der Waals surface area (Å²) >= 11 is 1.31. The molecule has 2 aromatic carbocycles. The molecule has 1 aliphatic heterocycles. The molecule has 1 aliphatic rings. The minimum Gasteiger partial charge on any atom is -0.497 e. The first-order chi connectivity index (χ1) is 15.6. The van der Waals surface area contributed by atoms with Crippen molar-refractivity contribution in [3.63, 3.8) is 0 Å². The lowest BCUT2D eigenvalue weighted by atomic mass is 10.1. The van der Waals surface area contributed by atoms with Crippen molar-refractivity contribution in [3.8, 4) is 17.0 Å². The first kappa shape index (κ1) is 22.1. The number of rotatable bonds is 8. The SMILES string of the molecule is COc1ccc(C(=O)NC(=O)CSc2ncc(-c3ccccc3)n2CC2CCCO2)cc1. The van der Waals surface area contributed by atoms with E-state index in [9.17, 15) is 9.59 Å². The highest BCUT2D eigenvalue weighted by Crippen LogP contribution is 2.28. The normalized spacial score (nSPS) is 15.5. The van der Waals surface area contributed by atoms with Gasteiger partial charge in [-0.1, -0.05) is 42.1 Å². The van der Waals surface area contributed by atoms with E-state index >= 15 is 0 Å². The van der Waals surface area contributed by atoms with Crippen LogP contribution in [0.2, 0.25) is 0 Å². The van der Waals surface area contributed by atoms with Crippen molar-refractivity contribution in [1.29, 1.82) is 0 Å². The van der Waals surface area contributed by atoms with Gasteiger partial charge in [0.1, 0.15) is 5.75 Å². The summed E-state index contributed by atoms with van der Waals surface area (Å²) < 4.78 is 13.0. The zero-order chi connectivity index (χ0) is 22.3. The Morgan fingerprint density at radius 1 is 1.19 bits per heavy atom. The average molecular weight is 452 g/mol. The van der Waals surface area contributed by atoms with Crippen LogP contribution < -0.4 is 10.1 Å². The number of aromatic nitrogens is 2. The van der Waals surface area contributed by atoms with Gasteiger partial charge in [0.2, 0.25) is 5.91 Å². The molecular formula is C24H25N3O4S. The van der Waals surface area contributed by atoms with E-state index in [4.69, 9.17) is 9.47 Å². The third-order valence-corrected chi connectivity index (χ3v) is 6.23. The molecular weight excluding hydrogens is 426 g/mol. The van der Waals surface area contributed by atoms with E-state index in [0.717, 1.165) is 35.9 Å². The quantitative estimate of drug-likeness (QED) is 0.525. The minimum absolute atomic E-state index is 0.0820. The van der Waals surface area contributed by atoms with Crippen molar-refractivity contribution in [2.24, 2.45) is 0 Å². The maximum absolute atomic E-state index is 12.4. The molecule has 0 spiro atoms.